The molecule has 0 bridgehead atoms. The standard InChI is InChI=1S/C21H22Cl2N4O5/c1-3-24-20(29)21(30)27-25-11-13-5-8-17(18(9-13)31-4-2)32-12-19(28)26-16-7-6-14(22)10-15(16)23/h5-11H,3-4,12H2,1-2H3,(H,24,29)(H,26,28)(H,27,30)/b25-11-. The summed E-state index contributed by atoms with van der Waals surface area (Å²) in [6.45, 7) is 3.91. The van der Waals surface area contributed by atoms with Gasteiger partial charge in [-0.2, -0.15) is 5.10 Å². The maximum Gasteiger partial charge on any atom is 0.329 e. The summed E-state index contributed by atoms with van der Waals surface area (Å²) in [6.07, 6.45) is 1.35. The van der Waals surface area contributed by atoms with Crippen LogP contribution in [0.4, 0.5) is 5.69 Å². The zero-order valence-corrected chi connectivity index (χ0v) is 18.9. The molecule has 0 spiro atoms. The van der Waals surface area contributed by atoms with Gasteiger partial charge in [0.05, 0.1) is 23.5 Å². The van der Waals surface area contributed by atoms with E-state index in [0.29, 0.717) is 45.9 Å². The number of rotatable bonds is 9. The summed E-state index contributed by atoms with van der Waals surface area (Å²) in [5.41, 5.74) is 3.12. The van der Waals surface area contributed by atoms with Gasteiger partial charge in [0.15, 0.2) is 18.1 Å². The van der Waals surface area contributed by atoms with Crippen molar-refractivity contribution in [2.24, 2.45) is 5.10 Å². The molecule has 0 saturated heterocycles. The molecule has 0 heterocycles. The molecule has 0 unspecified atom stereocenters. The number of likely N-dealkylation sites (N-methyl/N-ethyl adjacent to an activating group) is 1. The van der Waals surface area contributed by atoms with E-state index in [1.165, 1.54) is 12.3 Å². The Balaban J connectivity index is 1.99. The van der Waals surface area contributed by atoms with Crippen molar-refractivity contribution in [1.29, 1.82) is 0 Å². The Morgan fingerprint density at radius 3 is 2.47 bits per heavy atom. The van der Waals surface area contributed by atoms with E-state index < -0.39 is 17.7 Å². The Kier molecular flexibility index (Phi) is 9.77. The minimum absolute atomic E-state index is 0.283. The molecule has 2 rings (SSSR count). The van der Waals surface area contributed by atoms with Crippen molar-refractivity contribution >= 4 is 52.8 Å². The molecule has 0 aromatic heterocycles. The van der Waals surface area contributed by atoms with Crippen molar-refractivity contribution < 1.29 is 23.9 Å². The third-order valence-corrected chi connectivity index (χ3v) is 4.30. The number of hydrogen-bond acceptors (Lipinski definition) is 6. The molecule has 0 fully saturated rings. The zero-order valence-electron chi connectivity index (χ0n) is 17.4. The fraction of sp³-hybridized carbons (Fsp3) is 0.238. The highest BCUT2D eigenvalue weighted by Gasteiger charge is 2.12. The van der Waals surface area contributed by atoms with Gasteiger partial charge in [-0.05, 0) is 55.8 Å². The maximum atomic E-state index is 12.2. The van der Waals surface area contributed by atoms with Crippen LogP contribution >= 0.6 is 23.2 Å². The summed E-state index contributed by atoms with van der Waals surface area (Å²) in [5.74, 6) is -1.35. The SMILES string of the molecule is CCNC(=O)C(=O)N/N=C\c1ccc(OCC(=O)Nc2ccc(Cl)cc2Cl)c(OCC)c1. The Hall–Kier alpha value is -3.30. The number of benzene rings is 2. The van der Waals surface area contributed by atoms with Crippen LogP contribution in [0.3, 0.4) is 0 Å². The first-order chi connectivity index (χ1) is 15.3. The van der Waals surface area contributed by atoms with E-state index in [1.54, 1.807) is 44.2 Å². The predicted octanol–water partition coefficient (Wildman–Crippen LogP) is 3.00. The first-order valence-electron chi connectivity index (χ1n) is 9.59. The fourth-order valence-electron chi connectivity index (χ4n) is 2.37. The molecule has 9 nitrogen and oxygen atoms in total. The number of hydrazone groups is 1. The van der Waals surface area contributed by atoms with Gasteiger partial charge in [-0.25, -0.2) is 5.43 Å². The minimum atomic E-state index is -0.875. The molecule has 0 aliphatic rings. The van der Waals surface area contributed by atoms with Crippen LogP contribution in [0, 0.1) is 0 Å². The van der Waals surface area contributed by atoms with Crippen LogP contribution in [0.25, 0.3) is 0 Å². The third-order valence-electron chi connectivity index (χ3n) is 3.75. The van der Waals surface area contributed by atoms with E-state index in [1.807, 2.05) is 0 Å². The van der Waals surface area contributed by atoms with E-state index >= 15 is 0 Å². The summed E-state index contributed by atoms with van der Waals surface area (Å²) in [6, 6.07) is 9.58. The van der Waals surface area contributed by atoms with Crippen LogP contribution in [0.1, 0.15) is 19.4 Å². The van der Waals surface area contributed by atoms with Crippen LogP contribution in [0.2, 0.25) is 10.0 Å². The van der Waals surface area contributed by atoms with Gasteiger partial charge in [0.2, 0.25) is 0 Å². The minimum Gasteiger partial charge on any atom is -0.490 e. The fourth-order valence-corrected chi connectivity index (χ4v) is 2.83. The van der Waals surface area contributed by atoms with Gasteiger partial charge in [-0.1, -0.05) is 23.2 Å². The average Bonchev–Trinajstić information content (AvgIpc) is 2.75. The van der Waals surface area contributed by atoms with E-state index in [-0.39, 0.29) is 6.61 Å². The molecule has 0 atom stereocenters. The van der Waals surface area contributed by atoms with Crippen molar-refractivity contribution in [2.75, 3.05) is 25.1 Å². The van der Waals surface area contributed by atoms with E-state index in [9.17, 15) is 14.4 Å². The zero-order chi connectivity index (χ0) is 23.5. The number of nitrogens with one attached hydrogen (secondary N) is 3. The highest BCUT2D eigenvalue weighted by Crippen LogP contribution is 2.28. The average molecular weight is 481 g/mol. The lowest BCUT2D eigenvalue weighted by atomic mass is 10.2. The predicted molar refractivity (Wildman–Crippen MR) is 123 cm³/mol. The highest BCUT2D eigenvalue weighted by molar-refractivity contribution is 6.36. The van der Waals surface area contributed by atoms with Crippen molar-refractivity contribution in [3.05, 3.63) is 52.0 Å². The maximum absolute atomic E-state index is 12.2. The molecule has 0 aliphatic carbocycles. The molecule has 3 N–H and O–H groups in total. The molecule has 11 heteroatoms. The lowest BCUT2D eigenvalue weighted by Crippen LogP contribution is -2.37. The number of carbonyl (C=O) groups excluding carboxylic acids is 3. The van der Waals surface area contributed by atoms with E-state index in [2.05, 4.69) is 21.2 Å². The summed E-state index contributed by atoms with van der Waals surface area (Å²) in [5, 5.41) is 9.51. The third kappa shape index (κ3) is 7.75. The largest absolute Gasteiger partial charge is 0.490 e. The van der Waals surface area contributed by atoms with Gasteiger partial charge >= 0.3 is 11.8 Å². The Labute approximate surface area is 195 Å². The number of carbonyl (C=O) groups is 3. The van der Waals surface area contributed by atoms with Crippen molar-refractivity contribution in [1.82, 2.24) is 10.7 Å². The van der Waals surface area contributed by atoms with Crippen LogP contribution in [-0.4, -0.2) is 43.7 Å². The van der Waals surface area contributed by atoms with Crippen LogP contribution in [0.5, 0.6) is 11.5 Å². The number of nitrogens with zero attached hydrogens (tertiary/aromatic N) is 1. The summed E-state index contributed by atoms with van der Waals surface area (Å²) >= 11 is 11.9. The summed E-state index contributed by atoms with van der Waals surface area (Å²) < 4.78 is 11.1. The second-order valence-corrected chi connectivity index (χ2v) is 7.00. The Morgan fingerprint density at radius 2 is 1.78 bits per heavy atom. The first kappa shape index (κ1) is 25.0. The smallest absolute Gasteiger partial charge is 0.329 e. The lowest BCUT2D eigenvalue weighted by molar-refractivity contribution is -0.139. The van der Waals surface area contributed by atoms with Crippen molar-refractivity contribution in [3.63, 3.8) is 0 Å². The molecule has 3 amide bonds. The van der Waals surface area contributed by atoms with Gasteiger partial charge in [0, 0.05) is 11.6 Å². The number of ether oxygens (including phenoxy) is 2. The van der Waals surface area contributed by atoms with Crippen LogP contribution in [-0.2, 0) is 14.4 Å². The first-order valence-corrected chi connectivity index (χ1v) is 10.3. The molecule has 0 saturated carbocycles. The quantitative estimate of drug-likeness (QED) is 0.289. The van der Waals surface area contributed by atoms with Crippen LogP contribution < -0.4 is 25.5 Å². The lowest BCUT2D eigenvalue weighted by Gasteiger charge is -2.13. The number of anilines is 1. The van der Waals surface area contributed by atoms with E-state index in [4.69, 9.17) is 32.7 Å². The highest BCUT2D eigenvalue weighted by atomic mass is 35.5. The topological polar surface area (TPSA) is 118 Å². The van der Waals surface area contributed by atoms with Gasteiger partial charge in [0.1, 0.15) is 0 Å². The Morgan fingerprint density at radius 1 is 1.00 bits per heavy atom. The summed E-state index contributed by atoms with van der Waals surface area (Å²) in [4.78, 5) is 35.1. The van der Waals surface area contributed by atoms with Gasteiger partial charge in [0.25, 0.3) is 5.91 Å². The Bertz CT molecular complexity index is 1010. The second-order valence-electron chi connectivity index (χ2n) is 6.16. The van der Waals surface area contributed by atoms with E-state index in [0.717, 1.165) is 0 Å². The van der Waals surface area contributed by atoms with Crippen molar-refractivity contribution in [2.45, 2.75) is 13.8 Å². The van der Waals surface area contributed by atoms with Crippen LogP contribution in [0.15, 0.2) is 41.5 Å². The number of hydrogen-bond donors (Lipinski definition) is 3. The molecule has 2 aromatic rings. The van der Waals surface area contributed by atoms with Crippen molar-refractivity contribution in [3.8, 4) is 11.5 Å². The molecule has 0 radical (unpaired) electrons. The number of halogens is 2. The number of amides is 3. The monoisotopic (exact) mass is 480 g/mol. The van der Waals surface area contributed by atoms with Gasteiger partial charge in [-0.3, -0.25) is 14.4 Å². The van der Waals surface area contributed by atoms with Gasteiger partial charge < -0.3 is 20.1 Å². The molecular formula is C21H22Cl2N4O5. The summed E-state index contributed by atoms with van der Waals surface area (Å²) in [7, 11) is 0. The molecule has 170 valence electrons. The second kappa shape index (κ2) is 12.5. The molecule has 2 aromatic carbocycles. The molecule has 32 heavy (non-hydrogen) atoms. The molecule has 0 aliphatic heterocycles. The normalized spacial score (nSPS) is 10.5. The van der Waals surface area contributed by atoms with Gasteiger partial charge in [-0.15, -0.1) is 0 Å². The molecular weight excluding hydrogens is 459 g/mol.